The summed E-state index contributed by atoms with van der Waals surface area (Å²) in [5.74, 6) is 0.491. The molecule has 1 saturated heterocycles. The van der Waals surface area contributed by atoms with Crippen LogP contribution in [-0.2, 0) is 9.59 Å². The van der Waals surface area contributed by atoms with Gasteiger partial charge in [-0.2, -0.15) is 0 Å². The van der Waals surface area contributed by atoms with E-state index in [1.54, 1.807) is 36.3 Å². The first kappa shape index (κ1) is 18.8. The molecule has 2 heterocycles. The van der Waals surface area contributed by atoms with E-state index in [2.05, 4.69) is 0 Å². The zero-order valence-electron chi connectivity index (χ0n) is 16.6. The van der Waals surface area contributed by atoms with Crippen LogP contribution in [0.1, 0.15) is 22.9 Å². The van der Waals surface area contributed by atoms with Crippen LogP contribution in [-0.4, -0.2) is 25.5 Å². The number of rotatable bonds is 4. The van der Waals surface area contributed by atoms with Crippen molar-refractivity contribution in [1.29, 1.82) is 0 Å². The van der Waals surface area contributed by atoms with Gasteiger partial charge in [0.1, 0.15) is 18.1 Å². The van der Waals surface area contributed by atoms with Crippen LogP contribution >= 0.6 is 0 Å². The molecule has 3 aromatic rings. The third kappa shape index (κ3) is 3.16. The Morgan fingerprint density at radius 2 is 1.72 bits per heavy atom. The third-order valence-electron chi connectivity index (χ3n) is 5.34. The van der Waals surface area contributed by atoms with Gasteiger partial charge >= 0.3 is 0 Å². The van der Waals surface area contributed by atoms with Crippen LogP contribution in [0.4, 0.5) is 11.4 Å². The van der Waals surface area contributed by atoms with Gasteiger partial charge in [0.25, 0.3) is 5.91 Å². The molecule has 6 nitrogen and oxygen atoms in total. The van der Waals surface area contributed by atoms with E-state index in [1.807, 2.05) is 44.2 Å². The van der Waals surface area contributed by atoms with Crippen molar-refractivity contribution in [1.82, 2.24) is 0 Å². The molecule has 148 valence electrons. The van der Waals surface area contributed by atoms with Crippen molar-refractivity contribution in [3.63, 3.8) is 0 Å². The van der Waals surface area contributed by atoms with Crippen LogP contribution < -0.4 is 14.5 Å². The number of hydrogen-bond acceptors (Lipinski definition) is 4. The lowest BCUT2D eigenvalue weighted by Gasteiger charge is -2.40. The smallest absolute Gasteiger partial charge is 0.258 e. The van der Waals surface area contributed by atoms with Crippen molar-refractivity contribution in [2.75, 3.05) is 23.5 Å². The number of carbonyl (C=O) groups is 2. The summed E-state index contributed by atoms with van der Waals surface area (Å²) in [4.78, 5) is 30.0. The van der Waals surface area contributed by atoms with Gasteiger partial charge in [-0.15, -0.1) is 0 Å². The van der Waals surface area contributed by atoms with Gasteiger partial charge < -0.3 is 14.1 Å². The molecule has 1 fully saturated rings. The Balaban J connectivity index is 1.84. The number of ether oxygens (including phenoxy) is 1. The number of methoxy groups -OCH3 is 1. The summed E-state index contributed by atoms with van der Waals surface area (Å²) in [5, 5.41) is 0. The zero-order chi connectivity index (χ0) is 20.5. The molecule has 0 saturated carbocycles. The van der Waals surface area contributed by atoms with Gasteiger partial charge in [-0.25, -0.2) is 0 Å². The number of benzene rings is 2. The molecule has 2 aromatic carbocycles. The molecular weight excluding hydrogens is 368 g/mol. The van der Waals surface area contributed by atoms with Crippen LogP contribution in [0.2, 0.25) is 0 Å². The van der Waals surface area contributed by atoms with Crippen molar-refractivity contribution in [2.24, 2.45) is 0 Å². The van der Waals surface area contributed by atoms with E-state index in [0.717, 1.165) is 16.8 Å². The van der Waals surface area contributed by atoms with E-state index in [9.17, 15) is 9.59 Å². The van der Waals surface area contributed by atoms with Crippen molar-refractivity contribution in [2.45, 2.75) is 19.9 Å². The second-order valence-corrected chi connectivity index (χ2v) is 7.00. The summed E-state index contributed by atoms with van der Waals surface area (Å²) < 4.78 is 11.0. The minimum atomic E-state index is -0.914. The molecule has 0 aliphatic carbocycles. The van der Waals surface area contributed by atoms with E-state index in [1.165, 1.54) is 11.2 Å². The van der Waals surface area contributed by atoms with E-state index < -0.39 is 6.04 Å². The van der Waals surface area contributed by atoms with Gasteiger partial charge in [-0.1, -0.05) is 24.3 Å². The lowest BCUT2D eigenvalue weighted by atomic mass is 10.0. The Kier molecular flexibility index (Phi) is 4.84. The van der Waals surface area contributed by atoms with Crippen LogP contribution in [0.5, 0.6) is 5.75 Å². The number of anilines is 2. The standard InChI is InChI=1S/C23H22N2O4/c1-15-8-6-10-17(16(15)2)24-14-21(26)25(18-9-4-5-11-19(18)28-3)22(23(24)27)20-12-7-13-29-20/h4-13,22H,14H2,1-3H3. The second-order valence-electron chi connectivity index (χ2n) is 7.00. The lowest BCUT2D eigenvalue weighted by molar-refractivity contribution is -0.129. The first-order chi connectivity index (χ1) is 14.0. The fourth-order valence-electron chi connectivity index (χ4n) is 3.72. The number of hydrogen-bond donors (Lipinski definition) is 0. The molecule has 1 atom stereocenters. The van der Waals surface area contributed by atoms with E-state index in [-0.39, 0.29) is 18.4 Å². The lowest BCUT2D eigenvalue weighted by Crippen LogP contribution is -2.56. The zero-order valence-corrected chi connectivity index (χ0v) is 16.6. The molecule has 1 aromatic heterocycles. The minimum absolute atomic E-state index is 0.0572. The number of nitrogens with zero attached hydrogens (tertiary/aromatic N) is 2. The van der Waals surface area contributed by atoms with E-state index in [0.29, 0.717) is 17.2 Å². The van der Waals surface area contributed by atoms with E-state index in [4.69, 9.17) is 9.15 Å². The highest BCUT2D eigenvalue weighted by molar-refractivity contribution is 6.15. The van der Waals surface area contributed by atoms with E-state index >= 15 is 0 Å². The van der Waals surface area contributed by atoms with Crippen molar-refractivity contribution in [3.05, 3.63) is 77.7 Å². The Morgan fingerprint density at radius 1 is 0.966 bits per heavy atom. The fourth-order valence-corrected chi connectivity index (χ4v) is 3.72. The molecule has 0 radical (unpaired) electrons. The highest BCUT2D eigenvalue weighted by atomic mass is 16.5. The molecular formula is C23H22N2O4. The number of aryl methyl sites for hydroxylation is 1. The molecule has 1 aliphatic heterocycles. The topological polar surface area (TPSA) is 63.0 Å². The van der Waals surface area contributed by atoms with Crippen LogP contribution in [0.3, 0.4) is 0 Å². The quantitative estimate of drug-likeness (QED) is 0.675. The maximum absolute atomic E-state index is 13.6. The average Bonchev–Trinajstić information content (AvgIpc) is 3.26. The predicted molar refractivity (Wildman–Crippen MR) is 110 cm³/mol. The largest absolute Gasteiger partial charge is 0.495 e. The molecule has 6 heteroatoms. The SMILES string of the molecule is COc1ccccc1N1C(=O)CN(c2cccc(C)c2C)C(=O)C1c1ccco1. The second kappa shape index (κ2) is 7.47. The third-order valence-corrected chi connectivity index (χ3v) is 5.34. The maximum atomic E-state index is 13.6. The van der Waals surface area contributed by atoms with Gasteiger partial charge in [0.15, 0.2) is 6.04 Å². The predicted octanol–water partition coefficient (Wildman–Crippen LogP) is 4.03. The Labute approximate surface area is 169 Å². The fraction of sp³-hybridized carbons (Fsp3) is 0.217. The Hall–Kier alpha value is -3.54. The van der Waals surface area contributed by atoms with Crippen molar-refractivity contribution >= 4 is 23.2 Å². The van der Waals surface area contributed by atoms with Crippen LogP contribution in [0, 0.1) is 13.8 Å². The van der Waals surface area contributed by atoms with Gasteiger partial charge in [0.05, 0.1) is 19.1 Å². The summed E-state index contributed by atoms with van der Waals surface area (Å²) in [7, 11) is 1.54. The normalized spacial score (nSPS) is 17.0. The van der Waals surface area contributed by atoms with Crippen LogP contribution in [0.25, 0.3) is 0 Å². The first-order valence-corrected chi connectivity index (χ1v) is 9.39. The van der Waals surface area contributed by atoms with Gasteiger partial charge in [-0.05, 0) is 55.3 Å². The number of furan rings is 1. The molecule has 2 amide bonds. The molecule has 29 heavy (non-hydrogen) atoms. The average molecular weight is 390 g/mol. The van der Waals surface area contributed by atoms with Crippen LogP contribution in [0.15, 0.2) is 65.3 Å². The highest BCUT2D eigenvalue weighted by Crippen LogP contribution is 2.39. The number of carbonyl (C=O) groups excluding carboxylic acids is 2. The molecule has 4 rings (SSSR count). The summed E-state index contributed by atoms with van der Waals surface area (Å²) in [6.07, 6.45) is 1.50. The Morgan fingerprint density at radius 3 is 2.45 bits per heavy atom. The molecule has 1 unspecified atom stereocenters. The molecule has 0 bridgehead atoms. The highest BCUT2D eigenvalue weighted by Gasteiger charge is 2.44. The van der Waals surface area contributed by atoms with Gasteiger partial charge in [0.2, 0.25) is 5.91 Å². The molecule has 0 spiro atoms. The minimum Gasteiger partial charge on any atom is -0.495 e. The maximum Gasteiger partial charge on any atom is 0.258 e. The molecule has 1 aliphatic rings. The van der Waals surface area contributed by atoms with Gasteiger partial charge in [-0.3, -0.25) is 14.5 Å². The van der Waals surface area contributed by atoms with Crippen molar-refractivity contribution < 1.29 is 18.7 Å². The number of amides is 2. The number of para-hydroxylation sites is 2. The monoisotopic (exact) mass is 390 g/mol. The molecule has 0 N–H and O–H groups in total. The summed E-state index contributed by atoms with van der Waals surface area (Å²) >= 11 is 0. The van der Waals surface area contributed by atoms with Crippen molar-refractivity contribution in [3.8, 4) is 5.75 Å². The van der Waals surface area contributed by atoms with Gasteiger partial charge in [0, 0.05) is 5.69 Å². The number of piperazine rings is 1. The summed E-state index contributed by atoms with van der Waals surface area (Å²) in [5.41, 5.74) is 3.30. The first-order valence-electron chi connectivity index (χ1n) is 9.39. The Bertz CT molecular complexity index is 1060. The summed E-state index contributed by atoms with van der Waals surface area (Å²) in [6, 6.07) is 15.4. The summed E-state index contributed by atoms with van der Waals surface area (Å²) in [6.45, 7) is 3.88.